The largest absolute Gasteiger partial charge is 0.444 e. The summed E-state index contributed by atoms with van der Waals surface area (Å²) in [4.78, 5) is 24.3. The van der Waals surface area contributed by atoms with Crippen molar-refractivity contribution < 1.29 is 19.1 Å². The van der Waals surface area contributed by atoms with E-state index in [0.717, 1.165) is 19.1 Å². The van der Waals surface area contributed by atoms with Gasteiger partial charge in [-0.15, -0.1) is 0 Å². The van der Waals surface area contributed by atoms with Gasteiger partial charge in [0.15, 0.2) is 0 Å². The fourth-order valence-corrected chi connectivity index (χ4v) is 2.21. The second kappa shape index (κ2) is 5.90. The minimum atomic E-state index is -0.659. The highest BCUT2D eigenvalue weighted by Crippen LogP contribution is 2.31. The monoisotopic (exact) mass is 271 g/mol. The average molecular weight is 271 g/mol. The van der Waals surface area contributed by atoms with E-state index in [-0.39, 0.29) is 12.1 Å². The number of rotatable bonds is 4. The number of nitrogens with zero attached hydrogens (tertiary/aromatic N) is 1. The van der Waals surface area contributed by atoms with E-state index in [4.69, 9.17) is 9.47 Å². The Bertz CT molecular complexity index is 333. The highest BCUT2D eigenvalue weighted by molar-refractivity contribution is 5.69. The maximum Gasteiger partial charge on any atom is 0.412 e. The summed E-state index contributed by atoms with van der Waals surface area (Å²) >= 11 is 0. The van der Waals surface area contributed by atoms with E-state index in [1.54, 1.807) is 4.90 Å². The van der Waals surface area contributed by atoms with Crippen molar-refractivity contribution in [2.75, 3.05) is 6.61 Å². The Kier molecular flexibility index (Phi) is 4.96. The lowest BCUT2D eigenvalue weighted by atomic mass is 10.1. The topological polar surface area (TPSA) is 55.8 Å². The van der Waals surface area contributed by atoms with E-state index >= 15 is 0 Å². The molecule has 0 aliphatic carbocycles. The molecule has 1 aliphatic heterocycles. The molecule has 5 heteroatoms. The lowest BCUT2D eigenvalue weighted by molar-refractivity contribution is -0.107. The molecule has 0 N–H and O–H groups in total. The zero-order valence-electron chi connectivity index (χ0n) is 12.6. The van der Waals surface area contributed by atoms with Crippen LogP contribution in [0.25, 0.3) is 0 Å². The summed E-state index contributed by atoms with van der Waals surface area (Å²) in [5.41, 5.74) is -1.18. The van der Waals surface area contributed by atoms with Crippen LogP contribution in [0.15, 0.2) is 0 Å². The van der Waals surface area contributed by atoms with Gasteiger partial charge in [-0.3, -0.25) is 4.90 Å². The molecule has 1 heterocycles. The first-order valence-electron chi connectivity index (χ1n) is 6.77. The van der Waals surface area contributed by atoms with Gasteiger partial charge in [0.25, 0.3) is 0 Å². The zero-order chi connectivity index (χ0) is 14.7. The van der Waals surface area contributed by atoms with Crippen LogP contribution in [0.5, 0.6) is 0 Å². The Morgan fingerprint density at radius 2 is 2.11 bits per heavy atom. The zero-order valence-corrected chi connectivity index (χ0v) is 12.6. The SMILES string of the molecule is CC(C)(C)OC(=O)N1[C@@H](CCCC=O)COC1(C)C. The number of amides is 1. The number of hydrogen-bond donors (Lipinski definition) is 0. The third kappa shape index (κ3) is 4.49. The van der Waals surface area contributed by atoms with E-state index in [9.17, 15) is 9.59 Å². The summed E-state index contributed by atoms with van der Waals surface area (Å²) in [6, 6.07) is -0.0233. The van der Waals surface area contributed by atoms with Crippen LogP contribution in [-0.2, 0) is 14.3 Å². The van der Waals surface area contributed by atoms with Crippen molar-refractivity contribution >= 4 is 12.4 Å². The van der Waals surface area contributed by atoms with Crippen LogP contribution in [0.2, 0.25) is 0 Å². The van der Waals surface area contributed by atoms with Crippen LogP contribution >= 0.6 is 0 Å². The molecule has 0 aromatic rings. The minimum absolute atomic E-state index is 0.0233. The first-order valence-corrected chi connectivity index (χ1v) is 6.77. The normalized spacial score (nSPS) is 22.4. The molecule has 1 aliphatic rings. The van der Waals surface area contributed by atoms with Crippen molar-refractivity contribution in [2.24, 2.45) is 0 Å². The van der Waals surface area contributed by atoms with E-state index < -0.39 is 11.3 Å². The number of carbonyl (C=O) groups is 2. The van der Waals surface area contributed by atoms with Gasteiger partial charge in [-0.1, -0.05) is 0 Å². The second-order valence-corrected chi connectivity index (χ2v) is 6.36. The quantitative estimate of drug-likeness (QED) is 0.582. The van der Waals surface area contributed by atoms with E-state index in [0.29, 0.717) is 13.0 Å². The Morgan fingerprint density at radius 3 is 2.63 bits per heavy atom. The summed E-state index contributed by atoms with van der Waals surface area (Å²) in [5.74, 6) is 0. The predicted molar refractivity (Wildman–Crippen MR) is 71.8 cm³/mol. The number of carbonyl (C=O) groups excluding carboxylic acids is 2. The molecule has 0 spiro atoms. The molecule has 1 fully saturated rings. The number of ether oxygens (including phenoxy) is 2. The molecule has 0 bridgehead atoms. The standard InChI is InChI=1S/C14H25NO4/c1-13(2,3)19-12(17)15-11(8-6-7-9-16)10-18-14(15,4)5/h9,11H,6-8,10H2,1-5H3/t11-/m0/s1. The van der Waals surface area contributed by atoms with Crippen molar-refractivity contribution in [1.29, 1.82) is 0 Å². The van der Waals surface area contributed by atoms with E-state index in [1.165, 1.54) is 0 Å². The lowest BCUT2D eigenvalue weighted by Crippen LogP contribution is -2.49. The Morgan fingerprint density at radius 1 is 1.47 bits per heavy atom. The van der Waals surface area contributed by atoms with Gasteiger partial charge in [0.2, 0.25) is 0 Å². The lowest BCUT2D eigenvalue weighted by Gasteiger charge is -2.35. The number of unbranched alkanes of at least 4 members (excludes halogenated alkanes) is 1. The molecule has 0 saturated carbocycles. The van der Waals surface area contributed by atoms with Gasteiger partial charge in [-0.25, -0.2) is 4.79 Å². The summed E-state index contributed by atoms with van der Waals surface area (Å²) < 4.78 is 11.1. The third-order valence-electron chi connectivity index (χ3n) is 3.02. The number of hydrogen-bond acceptors (Lipinski definition) is 4. The van der Waals surface area contributed by atoms with Crippen molar-refractivity contribution in [2.45, 2.75) is 71.2 Å². The summed E-state index contributed by atoms with van der Waals surface area (Å²) in [6.45, 7) is 9.74. The van der Waals surface area contributed by atoms with Crippen LogP contribution in [0.4, 0.5) is 4.79 Å². The van der Waals surface area contributed by atoms with Gasteiger partial charge in [-0.2, -0.15) is 0 Å². The molecule has 1 saturated heterocycles. The smallest absolute Gasteiger partial charge is 0.412 e. The van der Waals surface area contributed by atoms with Crippen LogP contribution in [0.3, 0.4) is 0 Å². The molecule has 5 nitrogen and oxygen atoms in total. The van der Waals surface area contributed by atoms with Crippen LogP contribution in [0, 0.1) is 0 Å². The van der Waals surface area contributed by atoms with Crippen molar-refractivity contribution in [1.82, 2.24) is 4.90 Å². The van der Waals surface area contributed by atoms with Gasteiger partial charge in [-0.05, 0) is 47.5 Å². The molecule has 0 radical (unpaired) electrons. The molecule has 0 aromatic carbocycles. The highest BCUT2D eigenvalue weighted by atomic mass is 16.6. The first kappa shape index (κ1) is 16.0. The van der Waals surface area contributed by atoms with Gasteiger partial charge in [0, 0.05) is 6.42 Å². The molecule has 1 rings (SSSR count). The molecular formula is C14H25NO4. The Labute approximate surface area is 115 Å². The maximum absolute atomic E-state index is 12.3. The second-order valence-electron chi connectivity index (χ2n) is 6.36. The Balaban J connectivity index is 2.72. The van der Waals surface area contributed by atoms with E-state index in [2.05, 4.69) is 0 Å². The third-order valence-corrected chi connectivity index (χ3v) is 3.02. The molecule has 19 heavy (non-hydrogen) atoms. The maximum atomic E-state index is 12.3. The van der Waals surface area contributed by atoms with Gasteiger partial charge < -0.3 is 14.3 Å². The minimum Gasteiger partial charge on any atom is -0.444 e. The molecular weight excluding hydrogens is 246 g/mol. The molecule has 1 atom stereocenters. The van der Waals surface area contributed by atoms with E-state index in [1.807, 2.05) is 34.6 Å². The van der Waals surface area contributed by atoms with Crippen molar-refractivity contribution in [3.8, 4) is 0 Å². The van der Waals surface area contributed by atoms with Gasteiger partial charge in [0.05, 0.1) is 12.6 Å². The molecule has 1 amide bonds. The molecule has 0 unspecified atom stereocenters. The van der Waals surface area contributed by atoms with Crippen LogP contribution in [0.1, 0.15) is 53.9 Å². The summed E-state index contributed by atoms with van der Waals surface area (Å²) in [5, 5.41) is 0. The predicted octanol–water partition coefficient (Wildman–Crippen LogP) is 2.73. The summed E-state index contributed by atoms with van der Waals surface area (Å²) in [7, 11) is 0. The Hall–Kier alpha value is -1.10. The fourth-order valence-electron chi connectivity index (χ4n) is 2.21. The fraction of sp³-hybridized carbons (Fsp3) is 0.857. The highest BCUT2D eigenvalue weighted by Gasteiger charge is 2.45. The molecule has 0 aromatic heterocycles. The first-order chi connectivity index (χ1) is 8.67. The summed E-state index contributed by atoms with van der Waals surface area (Å²) in [6.07, 6.45) is 2.57. The molecule has 110 valence electrons. The van der Waals surface area contributed by atoms with Crippen LogP contribution in [-0.4, -0.2) is 41.3 Å². The van der Waals surface area contributed by atoms with Gasteiger partial charge >= 0.3 is 6.09 Å². The number of aldehydes is 1. The van der Waals surface area contributed by atoms with Crippen LogP contribution < -0.4 is 0 Å². The van der Waals surface area contributed by atoms with Gasteiger partial charge in [0.1, 0.15) is 17.6 Å². The van der Waals surface area contributed by atoms with Crippen molar-refractivity contribution in [3.05, 3.63) is 0 Å². The average Bonchev–Trinajstić information content (AvgIpc) is 2.52. The van der Waals surface area contributed by atoms with Crippen molar-refractivity contribution in [3.63, 3.8) is 0 Å².